The molecule has 2 heterocycles. The molecule has 0 bridgehead atoms. The Hall–Kier alpha value is -2.05. The van der Waals surface area contributed by atoms with E-state index in [4.69, 9.17) is 4.74 Å². The molecule has 1 N–H and O–H groups in total. The Balaban J connectivity index is 2.14. The normalized spacial score (nSPS) is 22.5. The van der Waals surface area contributed by atoms with Gasteiger partial charge in [0.2, 0.25) is 11.8 Å². The summed E-state index contributed by atoms with van der Waals surface area (Å²) in [6, 6.07) is -0.449. The van der Waals surface area contributed by atoms with Gasteiger partial charge in [0, 0.05) is 19.6 Å². The highest BCUT2D eigenvalue weighted by Gasteiger charge is 2.53. The topological polar surface area (TPSA) is 79.0 Å². The number of piperidine rings is 1. The molecule has 0 aromatic carbocycles. The number of piperazine rings is 1. The Morgan fingerprint density at radius 1 is 1.38 bits per heavy atom. The van der Waals surface area contributed by atoms with Crippen molar-refractivity contribution in [1.29, 1.82) is 0 Å². The molecule has 1 atom stereocenters. The summed E-state index contributed by atoms with van der Waals surface area (Å²) < 4.78 is 5.08. The van der Waals surface area contributed by atoms with Crippen molar-refractivity contribution in [3.8, 4) is 0 Å². The molecule has 2 rings (SSSR count). The molecule has 3 amide bonds. The first kappa shape index (κ1) is 20.3. The molecule has 0 aromatic rings. The van der Waals surface area contributed by atoms with Gasteiger partial charge in [0.15, 0.2) is 0 Å². The molecule has 146 valence electrons. The highest BCUT2D eigenvalue weighted by molar-refractivity contribution is 6.00. The van der Waals surface area contributed by atoms with E-state index in [0.29, 0.717) is 44.8 Å². The number of hydrogen-bond acceptors (Lipinski definition) is 4. The van der Waals surface area contributed by atoms with E-state index in [0.717, 1.165) is 6.42 Å². The van der Waals surface area contributed by atoms with Crippen molar-refractivity contribution < 1.29 is 19.1 Å². The summed E-state index contributed by atoms with van der Waals surface area (Å²) in [5.74, 6) is 0.237. The predicted octanol–water partition coefficient (Wildman–Crippen LogP) is 1.93. The van der Waals surface area contributed by atoms with Crippen LogP contribution in [0.15, 0.2) is 12.7 Å². The quantitative estimate of drug-likeness (QED) is 0.730. The number of likely N-dealkylation sites (tertiary alicyclic amines) is 1. The number of ether oxygens (including phenoxy) is 1. The van der Waals surface area contributed by atoms with E-state index < -0.39 is 17.7 Å². The van der Waals surface area contributed by atoms with E-state index in [1.807, 2.05) is 20.8 Å². The standard InChI is InChI=1S/C19H31N3O4/c1-5-9-22-16(23)15(13-14(3)4)20-17(24)19(22)7-10-21(11-8-19)18(25)26-12-6-2/h6,14-15H,2,5,7-13H2,1,3-4H3,(H,20,24). The minimum absolute atomic E-state index is 0.00262. The second-order valence-corrected chi connectivity index (χ2v) is 7.53. The molecule has 0 aromatic heterocycles. The summed E-state index contributed by atoms with van der Waals surface area (Å²) in [6.07, 6.45) is 3.42. The molecule has 2 aliphatic heterocycles. The molecule has 26 heavy (non-hydrogen) atoms. The van der Waals surface area contributed by atoms with Crippen molar-refractivity contribution in [2.75, 3.05) is 26.2 Å². The number of amides is 3. The maximum atomic E-state index is 13.0. The van der Waals surface area contributed by atoms with Crippen molar-refractivity contribution in [2.24, 2.45) is 5.92 Å². The number of carbonyl (C=O) groups excluding carboxylic acids is 3. The van der Waals surface area contributed by atoms with Gasteiger partial charge < -0.3 is 19.9 Å². The van der Waals surface area contributed by atoms with E-state index in [1.165, 1.54) is 6.08 Å². The maximum Gasteiger partial charge on any atom is 0.410 e. The molecule has 1 spiro atoms. The summed E-state index contributed by atoms with van der Waals surface area (Å²) in [7, 11) is 0. The molecular formula is C19H31N3O4. The number of rotatable bonds is 6. The van der Waals surface area contributed by atoms with Gasteiger partial charge in [0.25, 0.3) is 0 Å². The Kier molecular flexibility index (Phi) is 6.67. The lowest BCUT2D eigenvalue weighted by Gasteiger charge is -2.51. The minimum atomic E-state index is -0.851. The first-order chi connectivity index (χ1) is 12.4. The van der Waals surface area contributed by atoms with Crippen molar-refractivity contribution in [3.05, 3.63) is 12.7 Å². The van der Waals surface area contributed by atoms with Crippen LogP contribution in [0.1, 0.15) is 46.5 Å². The molecule has 2 aliphatic rings. The third-order valence-corrected chi connectivity index (χ3v) is 5.14. The van der Waals surface area contributed by atoms with Crippen molar-refractivity contribution in [2.45, 2.75) is 58.0 Å². The number of nitrogens with one attached hydrogen (secondary N) is 1. The van der Waals surface area contributed by atoms with E-state index in [2.05, 4.69) is 11.9 Å². The molecule has 0 aliphatic carbocycles. The highest BCUT2D eigenvalue weighted by atomic mass is 16.6. The highest BCUT2D eigenvalue weighted by Crippen LogP contribution is 2.34. The van der Waals surface area contributed by atoms with Gasteiger partial charge in [-0.1, -0.05) is 33.4 Å². The molecule has 1 unspecified atom stereocenters. The SMILES string of the molecule is C=CCOC(=O)N1CCC2(CC1)C(=O)NC(CC(C)C)C(=O)N2CCC. The van der Waals surface area contributed by atoms with Gasteiger partial charge in [-0.15, -0.1) is 0 Å². The lowest BCUT2D eigenvalue weighted by Crippen LogP contribution is -2.73. The van der Waals surface area contributed by atoms with Gasteiger partial charge >= 0.3 is 6.09 Å². The smallest absolute Gasteiger partial charge is 0.410 e. The van der Waals surface area contributed by atoms with Crippen LogP contribution in [0.2, 0.25) is 0 Å². The molecule has 2 fully saturated rings. The van der Waals surface area contributed by atoms with Gasteiger partial charge in [-0.25, -0.2) is 4.79 Å². The molecule has 0 saturated carbocycles. The lowest BCUT2D eigenvalue weighted by molar-refractivity contribution is -0.161. The predicted molar refractivity (Wildman–Crippen MR) is 98.5 cm³/mol. The van der Waals surface area contributed by atoms with Crippen LogP contribution in [0.25, 0.3) is 0 Å². The van der Waals surface area contributed by atoms with Crippen molar-refractivity contribution in [1.82, 2.24) is 15.1 Å². The summed E-state index contributed by atoms with van der Waals surface area (Å²) in [5.41, 5.74) is -0.851. The summed E-state index contributed by atoms with van der Waals surface area (Å²) in [6.45, 7) is 11.1. The van der Waals surface area contributed by atoms with Crippen LogP contribution < -0.4 is 5.32 Å². The van der Waals surface area contributed by atoms with E-state index in [-0.39, 0.29) is 18.4 Å². The van der Waals surface area contributed by atoms with Crippen molar-refractivity contribution in [3.63, 3.8) is 0 Å². The van der Waals surface area contributed by atoms with Crippen LogP contribution >= 0.6 is 0 Å². The zero-order chi connectivity index (χ0) is 19.3. The summed E-state index contributed by atoms with van der Waals surface area (Å²) in [4.78, 5) is 41.4. The molecule has 7 nitrogen and oxygen atoms in total. The van der Waals surface area contributed by atoms with Crippen LogP contribution in [0, 0.1) is 5.92 Å². The number of carbonyl (C=O) groups is 3. The van der Waals surface area contributed by atoms with Crippen LogP contribution in [-0.4, -0.2) is 65.5 Å². The van der Waals surface area contributed by atoms with E-state index in [1.54, 1.807) is 9.80 Å². The molecule has 0 radical (unpaired) electrons. The van der Waals surface area contributed by atoms with Gasteiger partial charge in [0.1, 0.15) is 18.2 Å². The number of nitrogens with zero attached hydrogens (tertiary/aromatic N) is 2. The van der Waals surface area contributed by atoms with E-state index >= 15 is 0 Å². The lowest BCUT2D eigenvalue weighted by atomic mass is 9.81. The Bertz CT molecular complexity index is 553. The fourth-order valence-corrected chi connectivity index (χ4v) is 3.83. The number of hydrogen-bond donors (Lipinski definition) is 1. The van der Waals surface area contributed by atoms with Crippen LogP contribution in [0.5, 0.6) is 0 Å². The first-order valence-corrected chi connectivity index (χ1v) is 9.50. The molecule has 2 saturated heterocycles. The van der Waals surface area contributed by atoms with Gasteiger partial charge in [-0.2, -0.15) is 0 Å². The van der Waals surface area contributed by atoms with Crippen molar-refractivity contribution >= 4 is 17.9 Å². The Labute approximate surface area is 155 Å². The van der Waals surface area contributed by atoms with Gasteiger partial charge in [0.05, 0.1) is 0 Å². The summed E-state index contributed by atoms with van der Waals surface area (Å²) in [5, 5.41) is 2.95. The van der Waals surface area contributed by atoms with E-state index in [9.17, 15) is 14.4 Å². The third kappa shape index (κ3) is 4.02. The van der Waals surface area contributed by atoms with Crippen LogP contribution in [0.4, 0.5) is 4.79 Å². The van der Waals surface area contributed by atoms with Crippen LogP contribution in [-0.2, 0) is 14.3 Å². The van der Waals surface area contributed by atoms with Gasteiger partial charge in [-0.3, -0.25) is 9.59 Å². The Morgan fingerprint density at radius 3 is 2.58 bits per heavy atom. The zero-order valence-electron chi connectivity index (χ0n) is 16.1. The largest absolute Gasteiger partial charge is 0.445 e. The second-order valence-electron chi connectivity index (χ2n) is 7.53. The average molecular weight is 365 g/mol. The maximum absolute atomic E-state index is 13.0. The first-order valence-electron chi connectivity index (χ1n) is 9.50. The monoisotopic (exact) mass is 365 g/mol. The molecule has 7 heteroatoms. The minimum Gasteiger partial charge on any atom is -0.445 e. The fourth-order valence-electron chi connectivity index (χ4n) is 3.83. The third-order valence-electron chi connectivity index (χ3n) is 5.14. The summed E-state index contributed by atoms with van der Waals surface area (Å²) >= 11 is 0. The Morgan fingerprint density at radius 2 is 2.04 bits per heavy atom. The second kappa shape index (κ2) is 8.56. The average Bonchev–Trinajstić information content (AvgIpc) is 2.61. The fraction of sp³-hybridized carbons (Fsp3) is 0.737. The van der Waals surface area contributed by atoms with Gasteiger partial charge in [-0.05, 0) is 31.6 Å². The van der Waals surface area contributed by atoms with Crippen LogP contribution in [0.3, 0.4) is 0 Å². The zero-order valence-corrected chi connectivity index (χ0v) is 16.1. The molecular weight excluding hydrogens is 334 g/mol.